The number of cyclic esters (lactones) is 1. The van der Waals surface area contributed by atoms with Gasteiger partial charge in [-0.25, -0.2) is 28.5 Å². The third kappa shape index (κ3) is 5.19. The van der Waals surface area contributed by atoms with E-state index in [1.807, 2.05) is 20.8 Å². The number of halogens is 2. The van der Waals surface area contributed by atoms with Crippen molar-refractivity contribution in [3.8, 4) is 5.75 Å². The number of amides is 1. The van der Waals surface area contributed by atoms with Crippen LogP contribution in [-0.4, -0.2) is 38.7 Å². The monoisotopic (exact) mass is 470 g/mol. The minimum Gasteiger partial charge on any atom is -0.486 e. The quantitative estimate of drug-likeness (QED) is 0.521. The van der Waals surface area contributed by atoms with Gasteiger partial charge in [0.05, 0.1) is 24.5 Å². The average molecular weight is 470 g/mol. The highest BCUT2D eigenvalue weighted by molar-refractivity contribution is 5.89. The third-order valence-corrected chi connectivity index (χ3v) is 5.35. The highest BCUT2D eigenvalue weighted by Crippen LogP contribution is 2.26. The number of nitrogens with zero attached hydrogens (tertiary/aromatic N) is 5. The summed E-state index contributed by atoms with van der Waals surface area (Å²) in [4.78, 5) is 31.0. The average Bonchev–Trinajstić information content (AvgIpc) is 3.21. The van der Waals surface area contributed by atoms with Crippen LogP contribution >= 0.6 is 0 Å². The Morgan fingerprint density at radius 1 is 1.18 bits per heavy atom. The molecule has 178 valence electrons. The number of anilines is 2. The minimum absolute atomic E-state index is 0.0838. The lowest BCUT2D eigenvalue weighted by Gasteiger charge is -2.23. The number of rotatable bonds is 8. The van der Waals surface area contributed by atoms with Crippen molar-refractivity contribution in [1.82, 2.24) is 19.9 Å². The van der Waals surface area contributed by atoms with E-state index < -0.39 is 17.7 Å². The molecule has 3 aromatic rings. The summed E-state index contributed by atoms with van der Waals surface area (Å²) in [5, 5.41) is 3.12. The first kappa shape index (κ1) is 23.3. The van der Waals surface area contributed by atoms with E-state index in [1.165, 1.54) is 29.4 Å². The van der Waals surface area contributed by atoms with E-state index in [9.17, 15) is 13.6 Å². The second-order valence-corrected chi connectivity index (χ2v) is 8.16. The molecule has 1 aromatic carbocycles. The first-order valence-corrected chi connectivity index (χ1v) is 10.8. The summed E-state index contributed by atoms with van der Waals surface area (Å²) in [5.74, 6) is 0.418. The Labute approximate surface area is 195 Å². The van der Waals surface area contributed by atoms with E-state index >= 15 is 0 Å². The first-order chi connectivity index (χ1) is 16.3. The Balaban J connectivity index is 1.39. The van der Waals surface area contributed by atoms with Gasteiger partial charge in [-0.05, 0) is 31.0 Å². The van der Waals surface area contributed by atoms with Crippen molar-refractivity contribution in [2.45, 2.75) is 39.5 Å². The van der Waals surface area contributed by atoms with Crippen molar-refractivity contribution in [1.29, 1.82) is 0 Å². The highest BCUT2D eigenvalue weighted by atomic mass is 19.1. The van der Waals surface area contributed by atoms with Gasteiger partial charge in [0.25, 0.3) is 0 Å². The van der Waals surface area contributed by atoms with E-state index in [4.69, 9.17) is 9.47 Å². The maximum Gasteiger partial charge on any atom is 0.415 e. The second kappa shape index (κ2) is 9.94. The van der Waals surface area contributed by atoms with Crippen molar-refractivity contribution >= 4 is 17.9 Å². The number of carbonyl (C=O) groups is 1. The van der Waals surface area contributed by atoms with Crippen LogP contribution in [-0.2, 0) is 11.3 Å². The van der Waals surface area contributed by atoms with Crippen molar-refractivity contribution in [3.05, 3.63) is 65.9 Å². The number of carbonyl (C=O) groups excluding carboxylic acids is 1. The molecule has 4 rings (SSSR count). The molecule has 0 saturated carbocycles. The van der Waals surface area contributed by atoms with E-state index in [-0.39, 0.29) is 30.2 Å². The number of ether oxygens (including phenoxy) is 2. The van der Waals surface area contributed by atoms with E-state index in [0.717, 1.165) is 6.07 Å². The lowest BCUT2D eigenvalue weighted by molar-refractivity contribution is 0.177. The first-order valence-electron chi connectivity index (χ1n) is 10.8. The van der Waals surface area contributed by atoms with Crippen LogP contribution < -0.4 is 15.0 Å². The van der Waals surface area contributed by atoms with Crippen LogP contribution in [0.3, 0.4) is 0 Å². The summed E-state index contributed by atoms with van der Waals surface area (Å²) in [7, 11) is 0. The van der Waals surface area contributed by atoms with Gasteiger partial charge in [0.15, 0.2) is 5.75 Å². The van der Waals surface area contributed by atoms with E-state index in [1.54, 1.807) is 12.3 Å². The van der Waals surface area contributed by atoms with Gasteiger partial charge in [-0.15, -0.1) is 0 Å². The Bertz CT molecular complexity index is 1160. The molecule has 1 fully saturated rings. The smallest absolute Gasteiger partial charge is 0.415 e. The Kier molecular flexibility index (Phi) is 6.80. The summed E-state index contributed by atoms with van der Waals surface area (Å²) < 4.78 is 37.4. The van der Waals surface area contributed by atoms with Gasteiger partial charge in [-0.3, -0.25) is 4.90 Å². The molecule has 0 radical (unpaired) electrons. The molecule has 2 unspecified atom stereocenters. The van der Waals surface area contributed by atoms with Crippen LogP contribution in [0.15, 0.2) is 42.9 Å². The van der Waals surface area contributed by atoms with Crippen molar-refractivity contribution in [3.63, 3.8) is 0 Å². The van der Waals surface area contributed by atoms with E-state index in [2.05, 4.69) is 25.3 Å². The molecule has 1 saturated heterocycles. The number of hydrogen-bond acceptors (Lipinski definition) is 8. The second-order valence-electron chi connectivity index (χ2n) is 8.16. The van der Waals surface area contributed by atoms with Gasteiger partial charge in [0.1, 0.15) is 36.5 Å². The molecule has 2 atom stereocenters. The fourth-order valence-electron chi connectivity index (χ4n) is 3.43. The molecule has 1 aliphatic heterocycles. The fourth-order valence-corrected chi connectivity index (χ4v) is 3.43. The molecule has 3 heterocycles. The van der Waals surface area contributed by atoms with Gasteiger partial charge >= 0.3 is 6.09 Å². The van der Waals surface area contributed by atoms with Gasteiger partial charge in [0, 0.05) is 17.8 Å². The molecule has 11 heteroatoms. The summed E-state index contributed by atoms with van der Waals surface area (Å²) in [5.41, 5.74) is 0.221. The summed E-state index contributed by atoms with van der Waals surface area (Å²) >= 11 is 0. The lowest BCUT2D eigenvalue weighted by atomic mass is 10.0. The van der Waals surface area contributed by atoms with Crippen LogP contribution in [0.25, 0.3) is 0 Å². The van der Waals surface area contributed by atoms with Gasteiger partial charge in [-0.2, -0.15) is 4.98 Å². The zero-order valence-corrected chi connectivity index (χ0v) is 18.9. The van der Waals surface area contributed by atoms with Crippen LogP contribution in [0.1, 0.15) is 38.2 Å². The summed E-state index contributed by atoms with van der Waals surface area (Å²) in [6.07, 6.45) is 4.06. The Morgan fingerprint density at radius 2 is 1.94 bits per heavy atom. The molecule has 2 aromatic heterocycles. The number of hydrogen-bond donors (Lipinski definition) is 1. The standard InChI is InChI=1S/C23H24F2N6O3/c1-13(2)19-12-34-23(32)31(19)20-6-7-26-22(30-20)29-14(3)21-27-9-17(10-28-21)33-11-15-4-5-16(24)8-18(15)25/h4-10,13-14,19H,11-12H2,1-3H3,(H,26,29,30). The fraction of sp³-hybridized carbons (Fsp3) is 0.348. The van der Waals surface area contributed by atoms with Crippen LogP contribution in [0.2, 0.25) is 0 Å². The molecule has 0 spiro atoms. The molecule has 0 bridgehead atoms. The molecular formula is C23H24F2N6O3. The maximum absolute atomic E-state index is 13.7. The summed E-state index contributed by atoms with van der Waals surface area (Å²) in [6, 6.07) is 4.49. The van der Waals surface area contributed by atoms with E-state index in [0.29, 0.717) is 29.9 Å². The molecule has 1 aliphatic rings. The zero-order valence-electron chi connectivity index (χ0n) is 18.9. The molecular weight excluding hydrogens is 446 g/mol. The topological polar surface area (TPSA) is 102 Å². The van der Waals surface area contributed by atoms with Gasteiger partial charge < -0.3 is 14.8 Å². The summed E-state index contributed by atoms with van der Waals surface area (Å²) in [6.45, 7) is 6.10. The van der Waals surface area contributed by atoms with Crippen molar-refractivity contribution in [2.75, 3.05) is 16.8 Å². The Morgan fingerprint density at radius 3 is 2.65 bits per heavy atom. The third-order valence-electron chi connectivity index (χ3n) is 5.35. The lowest BCUT2D eigenvalue weighted by Crippen LogP contribution is -2.37. The number of aromatic nitrogens is 4. The van der Waals surface area contributed by atoms with Gasteiger partial charge in [0.2, 0.25) is 5.95 Å². The van der Waals surface area contributed by atoms with Crippen LogP contribution in [0.4, 0.5) is 25.3 Å². The molecule has 34 heavy (non-hydrogen) atoms. The molecule has 1 N–H and O–H groups in total. The largest absolute Gasteiger partial charge is 0.486 e. The Hall–Kier alpha value is -3.89. The maximum atomic E-state index is 13.7. The zero-order chi connectivity index (χ0) is 24.2. The SMILES string of the molecule is CC(Nc1nccc(N2C(=O)OCC2C(C)C)n1)c1ncc(OCc2ccc(F)cc2F)cn1. The molecule has 1 amide bonds. The molecule has 9 nitrogen and oxygen atoms in total. The molecule has 0 aliphatic carbocycles. The number of benzene rings is 1. The van der Waals surface area contributed by atoms with Crippen LogP contribution in [0, 0.1) is 17.6 Å². The predicted octanol–water partition coefficient (Wildman–Crippen LogP) is 4.28. The van der Waals surface area contributed by atoms with Gasteiger partial charge in [-0.1, -0.05) is 13.8 Å². The highest BCUT2D eigenvalue weighted by Gasteiger charge is 2.37. The van der Waals surface area contributed by atoms with Crippen molar-refractivity contribution in [2.24, 2.45) is 5.92 Å². The minimum atomic E-state index is -0.681. The van der Waals surface area contributed by atoms with Crippen molar-refractivity contribution < 1.29 is 23.0 Å². The number of nitrogens with one attached hydrogen (secondary N) is 1. The normalized spacial score (nSPS) is 16.5. The predicted molar refractivity (Wildman–Crippen MR) is 119 cm³/mol. The van der Waals surface area contributed by atoms with Crippen LogP contribution in [0.5, 0.6) is 5.75 Å².